The molecular formula is C23H24ClF2N3O2. The molecule has 0 atom stereocenters. The maximum atomic E-state index is 13.9. The summed E-state index contributed by atoms with van der Waals surface area (Å²) in [6.07, 6.45) is -0.171. The average Bonchev–Trinajstić information content (AvgIpc) is 3.11. The highest BCUT2D eigenvalue weighted by molar-refractivity contribution is 6.30. The molecule has 0 aliphatic heterocycles. The molecular weight excluding hydrogens is 424 g/mol. The average molecular weight is 448 g/mol. The minimum Gasteiger partial charge on any atom is -0.491 e. The highest BCUT2D eigenvalue weighted by Crippen LogP contribution is 2.25. The van der Waals surface area contributed by atoms with Crippen LogP contribution in [0.1, 0.15) is 37.7 Å². The molecule has 164 valence electrons. The third-order valence-electron chi connectivity index (χ3n) is 4.70. The first kappa shape index (κ1) is 22.7. The van der Waals surface area contributed by atoms with Crippen LogP contribution in [-0.2, 0) is 23.2 Å². The number of benzene rings is 2. The van der Waals surface area contributed by atoms with Crippen LogP contribution in [0.4, 0.5) is 8.78 Å². The summed E-state index contributed by atoms with van der Waals surface area (Å²) in [6, 6.07) is 11.4. The Hall–Kier alpha value is -2.93. The zero-order valence-electron chi connectivity index (χ0n) is 17.8. The van der Waals surface area contributed by atoms with E-state index in [4.69, 9.17) is 16.7 Å². The van der Waals surface area contributed by atoms with Gasteiger partial charge in [-0.25, -0.2) is 13.5 Å². The number of hydrogen-bond donors (Lipinski definition) is 1. The van der Waals surface area contributed by atoms with Crippen molar-refractivity contribution in [3.8, 4) is 11.4 Å². The van der Waals surface area contributed by atoms with Gasteiger partial charge in [0.15, 0.2) is 17.4 Å². The van der Waals surface area contributed by atoms with E-state index in [1.165, 1.54) is 7.11 Å². The summed E-state index contributed by atoms with van der Waals surface area (Å²) in [4.78, 5) is 12.4. The number of carbonyl (C=O) groups excluding carboxylic acids is 1. The molecule has 1 aromatic heterocycles. The monoisotopic (exact) mass is 447 g/mol. The summed E-state index contributed by atoms with van der Waals surface area (Å²) >= 11 is 6.13. The van der Waals surface area contributed by atoms with Crippen molar-refractivity contribution < 1.29 is 18.3 Å². The molecule has 3 aromatic rings. The number of halogens is 3. The van der Waals surface area contributed by atoms with E-state index in [2.05, 4.69) is 10.1 Å². The second-order valence-electron chi connectivity index (χ2n) is 8.21. The smallest absolute Gasteiger partial charge is 0.224 e. The van der Waals surface area contributed by atoms with E-state index in [0.29, 0.717) is 5.02 Å². The first-order valence-corrected chi connectivity index (χ1v) is 10.1. The Morgan fingerprint density at radius 1 is 1.16 bits per heavy atom. The van der Waals surface area contributed by atoms with Gasteiger partial charge in [-0.15, -0.1) is 0 Å². The van der Waals surface area contributed by atoms with E-state index in [-0.39, 0.29) is 29.9 Å². The van der Waals surface area contributed by atoms with Crippen molar-refractivity contribution in [2.45, 2.75) is 39.2 Å². The van der Waals surface area contributed by atoms with Crippen LogP contribution >= 0.6 is 11.6 Å². The van der Waals surface area contributed by atoms with Gasteiger partial charge in [0.2, 0.25) is 5.91 Å². The fourth-order valence-electron chi connectivity index (χ4n) is 3.09. The Morgan fingerprint density at radius 3 is 2.42 bits per heavy atom. The van der Waals surface area contributed by atoms with E-state index in [1.807, 2.05) is 39.0 Å². The molecule has 1 N–H and O–H groups in total. The van der Waals surface area contributed by atoms with Gasteiger partial charge in [-0.1, -0.05) is 38.4 Å². The van der Waals surface area contributed by atoms with Gasteiger partial charge >= 0.3 is 0 Å². The first-order valence-electron chi connectivity index (χ1n) is 9.72. The van der Waals surface area contributed by atoms with Gasteiger partial charge < -0.3 is 10.1 Å². The molecule has 1 amide bonds. The molecule has 31 heavy (non-hydrogen) atoms. The van der Waals surface area contributed by atoms with Crippen LogP contribution < -0.4 is 10.1 Å². The highest BCUT2D eigenvalue weighted by Gasteiger charge is 2.21. The van der Waals surface area contributed by atoms with Gasteiger partial charge in [-0.2, -0.15) is 5.10 Å². The molecule has 0 fully saturated rings. The standard InChI is InChI=1S/C23H24ClF2N3O2/c1-23(2,3)20-12-17(29(28-20)16-7-5-6-15(24)11-16)13-27-21(30)10-14-8-18(25)22(31-4)19(26)9-14/h5-9,11-12H,10,13H2,1-4H3,(H,27,30). The number of carbonyl (C=O) groups is 1. The predicted octanol–water partition coefficient (Wildman–Crippen LogP) is 4.97. The minimum absolute atomic E-state index is 0.171. The molecule has 8 heteroatoms. The lowest BCUT2D eigenvalue weighted by Crippen LogP contribution is -2.26. The number of aromatic nitrogens is 2. The van der Waals surface area contributed by atoms with Crippen molar-refractivity contribution in [2.24, 2.45) is 0 Å². The molecule has 0 saturated carbocycles. The van der Waals surface area contributed by atoms with Crippen molar-refractivity contribution in [3.63, 3.8) is 0 Å². The Morgan fingerprint density at radius 2 is 1.84 bits per heavy atom. The van der Waals surface area contributed by atoms with Crippen LogP contribution in [0, 0.1) is 11.6 Å². The molecule has 0 unspecified atom stereocenters. The fourth-order valence-corrected chi connectivity index (χ4v) is 3.27. The Kier molecular flexibility index (Phi) is 6.65. The molecule has 0 aliphatic carbocycles. The van der Waals surface area contributed by atoms with Gasteiger partial charge in [0.1, 0.15) is 0 Å². The lowest BCUT2D eigenvalue weighted by atomic mass is 9.92. The van der Waals surface area contributed by atoms with Gasteiger partial charge in [-0.05, 0) is 42.0 Å². The zero-order valence-corrected chi connectivity index (χ0v) is 18.6. The largest absolute Gasteiger partial charge is 0.491 e. The van der Waals surface area contributed by atoms with Gasteiger partial charge in [0.25, 0.3) is 0 Å². The highest BCUT2D eigenvalue weighted by atomic mass is 35.5. The number of amides is 1. The van der Waals surface area contributed by atoms with E-state index < -0.39 is 17.4 Å². The number of nitrogens with one attached hydrogen (secondary N) is 1. The summed E-state index contributed by atoms with van der Waals surface area (Å²) in [7, 11) is 1.18. The SMILES string of the molecule is COc1c(F)cc(CC(=O)NCc2cc(C(C)(C)C)nn2-c2cccc(Cl)c2)cc1F. The van der Waals surface area contributed by atoms with Crippen molar-refractivity contribution >= 4 is 17.5 Å². The molecule has 0 bridgehead atoms. The first-order chi connectivity index (χ1) is 14.6. The van der Waals surface area contributed by atoms with Crippen molar-refractivity contribution in [3.05, 3.63) is 76.1 Å². The Balaban J connectivity index is 1.79. The second-order valence-corrected chi connectivity index (χ2v) is 8.65. The molecule has 1 heterocycles. The quantitative estimate of drug-likeness (QED) is 0.580. The number of methoxy groups -OCH3 is 1. The molecule has 5 nitrogen and oxygen atoms in total. The third kappa shape index (κ3) is 5.41. The van der Waals surface area contributed by atoms with E-state index >= 15 is 0 Å². The Labute approximate surface area is 185 Å². The summed E-state index contributed by atoms with van der Waals surface area (Å²) < 4.78 is 34.2. The number of ether oxygens (including phenoxy) is 1. The van der Waals surface area contributed by atoms with Crippen LogP contribution in [0.5, 0.6) is 5.75 Å². The second kappa shape index (κ2) is 9.06. The molecule has 2 aromatic carbocycles. The lowest BCUT2D eigenvalue weighted by Gasteiger charge is -2.14. The third-order valence-corrected chi connectivity index (χ3v) is 4.93. The summed E-state index contributed by atoms with van der Waals surface area (Å²) in [5.41, 5.74) is 2.41. The topological polar surface area (TPSA) is 56.1 Å². The van der Waals surface area contributed by atoms with Gasteiger partial charge in [0.05, 0.1) is 37.2 Å². The van der Waals surface area contributed by atoms with Crippen molar-refractivity contribution in [1.82, 2.24) is 15.1 Å². The van der Waals surface area contributed by atoms with Crippen molar-refractivity contribution in [2.75, 3.05) is 7.11 Å². The molecule has 0 radical (unpaired) electrons. The summed E-state index contributed by atoms with van der Waals surface area (Å²) in [5.74, 6) is -2.54. The predicted molar refractivity (Wildman–Crippen MR) is 116 cm³/mol. The van der Waals surface area contributed by atoms with Crippen LogP contribution in [0.3, 0.4) is 0 Å². The normalized spacial score (nSPS) is 11.5. The van der Waals surface area contributed by atoms with Crippen LogP contribution in [-0.4, -0.2) is 22.8 Å². The molecule has 0 saturated heterocycles. The number of nitrogens with zero attached hydrogens (tertiary/aromatic N) is 2. The van der Waals surface area contributed by atoms with Crippen LogP contribution in [0.25, 0.3) is 5.69 Å². The van der Waals surface area contributed by atoms with Gasteiger partial charge in [0, 0.05) is 10.4 Å². The molecule has 0 aliphatic rings. The van der Waals surface area contributed by atoms with Crippen molar-refractivity contribution in [1.29, 1.82) is 0 Å². The van der Waals surface area contributed by atoms with Crippen LogP contribution in [0.15, 0.2) is 42.5 Å². The number of rotatable bonds is 6. The maximum absolute atomic E-state index is 13.9. The van der Waals surface area contributed by atoms with E-state index in [0.717, 1.165) is 29.2 Å². The van der Waals surface area contributed by atoms with Gasteiger partial charge in [-0.3, -0.25) is 4.79 Å². The Bertz CT molecular complexity index is 1080. The van der Waals surface area contributed by atoms with Crippen LogP contribution in [0.2, 0.25) is 5.02 Å². The zero-order chi connectivity index (χ0) is 22.8. The maximum Gasteiger partial charge on any atom is 0.224 e. The fraction of sp³-hybridized carbons (Fsp3) is 0.304. The summed E-state index contributed by atoms with van der Waals surface area (Å²) in [5, 5.41) is 8.06. The molecule has 0 spiro atoms. The number of hydrogen-bond acceptors (Lipinski definition) is 3. The molecule has 3 rings (SSSR count). The van der Waals surface area contributed by atoms with E-state index in [1.54, 1.807) is 16.8 Å². The lowest BCUT2D eigenvalue weighted by molar-refractivity contribution is -0.120. The minimum atomic E-state index is -0.848. The summed E-state index contributed by atoms with van der Waals surface area (Å²) in [6.45, 7) is 6.34. The van der Waals surface area contributed by atoms with E-state index in [9.17, 15) is 13.6 Å².